The first-order valence-corrected chi connectivity index (χ1v) is 5.81. The van der Waals surface area contributed by atoms with Gasteiger partial charge in [-0.2, -0.15) is 0 Å². The molecule has 1 rings (SSSR count). The van der Waals surface area contributed by atoms with E-state index in [1.807, 2.05) is 7.05 Å². The molecule has 0 aromatic heterocycles. The van der Waals surface area contributed by atoms with Crippen LogP contribution in [0.15, 0.2) is 4.99 Å². The third-order valence-electron chi connectivity index (χ3n) is 3.46. The Bertz CT molecular complexity index is 187. The molecule has 1 saturated carbocycles. The van der Waals surface area contributed by atoms with Crippen molar-refractivity contribution < 1.29 is 0 Å². The van der Waals surface area contributed by atoms with Crippen molar-refractivity contribution in [1.82, 2.24) is 4.90 Å². The number of hydrogen-bond acceptors (Lipinski definition) is 2. The topological polar surface area (TPSA) is 15.6 Å². The van der Waals surface area contributed by atoms with E-state index in [4.69, 9.17) is 0 Å². The quantitative estimate of drug-likeness (QED) is 0.633. The van der Waals surface area contributed by atoms with Crippen LogP contribution in [-0.2, 0) is 0 Å². The van der Waals surface area contributed by atoms with Crippen molar-refractivity contribution in [1.29, 1.82) is 0 Å². The molecule has 0 amide bonds. The van der Waals surface area contributed by atoms with Crippen molar-refractivity contribution >= 4 is 6.21 Å². The van der Waals surface area contributed by atoms with Gasteiger partial charge in [0.05, 0.1) is 0 Å². The van der Waals surface area contributed by atoms with Gasteiger partial charge in [-0.3, -0.25) is 0 Å². The second kappa shape index (κ2) is 5.50. The Morgan fingerprint density at radius 2 is 1.93 bits per heavy atom. The van der Waals surface area contributed by atoms with Crippen LogP contribution >= 0.6 is 0 Å². The number of rotatable bonds is 3. The standard InChI is InChI=1S/C12H24N2/c1-10(2)14(4)12-8-6-5-7-11(12)9-13-3/h9-12H,5-8H2,1-4H3/t11?,12-/m0/s1. The summed E-state index contributed by atoms with van der Waals surface area (Å²) in [7, 11) is 4.14. The van der Waals surface area contributed by atoms with Crippen LogP contribution in [0, 0.1) is 5.92 Å². The lowest BCUT2D eigenvalue weighted by Gasteiger charge is -2.38. The van der Waals surface area contributed by atoms with Crippen LogP contribution in [0.25, 0.3) is 0 Å². The lowest BCUT2D eigenvalue weighted by molar-refractivity contribution is 0.132. The van der Waals surface area contributed by atoms with Gasteiger partial charge in [0.15, 0.2) is 0 Å². The number of nitrogens with zero attached hydrogens (tertiary/aromatic N) is 2. The van der Waals surface area contributed by atoms with Crippen LogP contribution in [0.4, 0.5) is 0 Å². The molecular formula is C12H24N2. The summed E-state index contributed by atoms with van der Waals surface area (Å²) in [5.74, 6) is 0.682. The van der Waals surface area contributed by atoms with Crippen LogP contribution in [0.5, 0.6) is 0 Å². The second-order valence-corrected chi connectivity index (χ2v) is 4.68. The zero-order chi connectivity index (χ0) is 10.6. The summed E-state index contributed by atoms with van der Waals surface area (Å²) in [4.78, 5) is 6.71. The Balaban J connectivity index is 2.62. The third kappa shape index (κ3) is 2.81. The van der Waals surface area contributed by atoms with Crippen LogP contribution in [0.1, 0.15) is 39.5 Å². The Morgan fingerprint density at radius 3 is 2.50 bits per heavy atom. The van der Waals surface area contributed by atoms with Crippen LogP contribution in [0.3, 0.4) is 0 Å². The summed E-state index contributed by atoms with van der Waals surface area (Å²) in [6.45, 7) is 4.55. The fourth-order valence-electron chi connectivity index (χ4n) is 2.39. The average molecular weight is 196 g/mol. The Kier molecular flexibility index (Phi) is 4.59. The van der Waals surface area contributed by atoms with Gasteiger partial charge in [-0.1, -0.05) is 12.8 Å². The molecule has 2 atom stereocenters. The normalized spacial score (nSPS) is 29.3. The minimum Gasteiger partial charge on any atom is -0.301 e. The van der Waals surface area contributed by atoms with Crippen LogP contribution in [-0.4, -0.2) is 37.3 Å². The highest BCUT2D eigenvalue weighted by Gasteiger charge is 2.27. The molecule has 0 bridgehead atoms. The fourth-order valence-corrected chi connectivity index (χ4v) is 2.39. The molecule has 1 aliphatic carbocycles. The predicted molar refractivity (Wildman–Crippen MR) is 63.1 cm³/mol. The molecule has 2 heteroatoms. The van der Waals surface area contributed by atoms with Crippen molar-refractivity contribution in [2.24, 2.45) is 10.9 Å². The first-order valence-electron chi connectivity index (χ1n) is 5.81. The van der Waals surface area contributed by atoms with Crippen molar-refractivity contribution in [3.05, 3.63) is 0 Å². The summed E-state index contributed by atoms with van der Waals surface area (Å²) >= 11 is 0. The molecule has 82 valence electrons. The monoisotopic (exact) mass is 196 g/mol. The first-order chi connectivity index (χ1) is 6.66. The molecule has 1 unspecified atom stereocenters. The zero-order valence-electron chi connectivity index (χ0n) is 10.0. The van der Waals surface area contributed by atoms with E-state index in [-0.39, 0.29) is 0 Å². The van der Waals surface area contributed by atoms with E-state index in [1.165, 1.54) is 25.7 Å². The van der Waals surface area contributed by atoms with Crippen LogP contribution < -0.4 is 0 Å². The molecule has 0 aromatic carbocycles. The number of aliphatic imine (C=N–C) groups is 1. The zero-order valence-corrected chi connectivity index (χ0v) is 10.0. The van der Waals surface area contributed by atoms with Crippen LogP contribution in [0.2, 0.25) is 0 Å². The van der Waals surface area contributed by atoms with E-state index in [0.29, 0.717) is 18.0 Å². The molecule has 0 heterocycles. The molecule has 0 N–H and O–H groups in total. The number of hydrogen-bond donors (Lipinski definition) is 0. The van der Waals surface area contributed by atoms with E-state index >= 15 is 0 Å². The van der Waals surface area contributed by atoms with Gasteiger partial charge in [0.1, 0.15) is 0 Å². The Hall–Kier alpha value is -0.370. The molecular weight excluding hydrogens is 172 g/mol. The summed E-state index contributed by atoms with van der Waals surface area (Å²) < 4.78 is 0. The smallest absolute Gasteiger partial charge is 0.0273 e. The van der Waals surface area contributed by atoms with Gasteiger partial charge < -0.3 is 9.89 Å². The van der Waals surface area contributed by atoms with Gasteiger partial charge in [0, 0.05) is 31.3 Å². The Labute approximate surface area is 88.4 Å². The molecule has 1 fully saturated rings. The summed E-state index contributed by atoms with van der Waals surface area (Å²) in [6.07, 6.45) is 7.57. The van der Waals surface area contributed by atoms with E-state index < -0.39 is 0 Å². The van der Waals surface area contributed by atoms with Crippen molar-refractivity contribution in [3.8, 4) is 0 Å². The lowest BCUT2D eigenvalue weighted by Crippen LogP contribution is -2.44. The van der Waals surface area contributed by atoms with Gasteiger partial charge in [0.25, 0.3) is 0 Å². The summed E-state index contributed by atoms with van der Waals surface area (Å²) in [5, 5.41) is 0. The van der Waals surface area contributed by atoms with E-state index in [2.05, 4.69) is 37.0 Å². The molecule has 14 heavy (non-hydrogen) atoms. The maximum atomic E-state index is 4.20. The highest BCUT2D eigenvalue weighted by atomic mass is 15.2. The molecule has 0 aromatic rings. The molecule has 0 aliphatic heterocycles. The van der Waals surface area contributed by atoms with Gasteiger partial charge in [0.2, 0.25) is 0 Å². The highest BCUT2D eigenvalue weighted by Crippen LogP contribution is 2.27. The van der Waals surface area contributed by atoms with E-state index in [1.54, 1.807) is 0 Å². The molecule has 1 aliphatic rings. The van der Waals surface area contributed by atoms with Gasteiger partial charge in [-0.05, 0) is 33.7 Å². The SMILES string of the molecule is CN=CC1CCCC[C@@H]1N(C)C(C)C. The van der Waals surface area contributed by atoms with Crippen molar-refractivity contribution in [2.45, 2.75) is 51.6 Å². The summed E-state index contributed by atoms with van der Waals surface area (Å²) in [5.41, 5.74) is 0. The van der Waals surface area contributed by atoms with E-state index in [9.17, 15) is 0 Å². The Morgan fingerprint density at radius 1 is 1.29 bits per heavy atom. The molecule has 0 spiro atoms. The largest absolute Gasteiger partial charge is 0.301 e. The maximum absolute atomic E-state index is 4.20. The van der Waals surface area contributed by atoms with Gasteiger partial charge >= 0.3 is 0 Å². The third-order valence-corrected chi connectivity index (χ3v) is 3.46. The summed E-state index contributed by atoms with van der Waals surface area (Å²) in [6, 6.07) is 1.36. The first kappa shape index (κ1) is 11.7. The predicted octanol–water partition coefficient (Wildman–Crippen LogP) is 2.59. The van der Waals surface area contributed by atoms with E-state index in [0.717, 1.165) is 0 Å². The minimum atomic E-state index is 0.644. The molecule has 2 nitrogen and oxygen atoms in total. The van der Waals surface area contributed by atoms with Gasteiger partial charge in [-0.15, -0.1) is 0 Å². The van der Waals surface area contributed by atoms with Crippen molar-refractivity contribution in [3.63, 3.8) is 0 Å². The molecule has 0 radical (unpaired) electrons. The molecule has 0 saturated heterocycles. The van der Waals surface area contributed by atoms with Gasteiger partial charge in [-0.25, -0.2) is 0 Å². The highest BCUT2D eigenvalue weighted by molar-refractivity contribution is 5.61. The fraction of sp³-hybridized carbons (Fsp3) is 0.917. The lowest BCUT2D eigenvalue weighted by atomic mass is 9.84. The van der Waals surface area contributed by atoms with Crippen molar-refractivity contribution in [2.75, 3.05) is 14.1 Å². The minimum absolute atomic E-state index is 0.644. The maximum Gasteiger partial charge on any atom is 0.0273 e. The average Bonchev–Trinajstić information content (AvgIpc) is 2.18. The second-order valence-electron chi connectivity index (χ2n) is 4.68.